The Hall–Kier alpha value is -0.930. The minimum Gasteiger partial charge on any atom is -0.387 e. The van der Waals surface area contributed by atoms with E-state index < -0.39 is 6.10 Å². The molecule has 1 aromatic carbocycles. The zero-order chi connectivity index (χ0) is 10.1. The zero-order valence-corrected chi connectivity index (χ0v) is 7.86. The summed E-state index contributed by atoms with van der Waals surface area (Å²) < 4.78 is 12.6. The molecule has 2 nitrogen and oxygen atoms in total. The monoisotopic (exact) mass is 195 g/mol. The van der Waals surface area contributed by atoms with Crippen molar-refractivity contribution in [2.24, 2.45) is 11.7 Å². The van der Waals surface area contributed by atoms with E-state index in [1.165, 1.54) is 12.1 Å². The van der Waals surface area contributed by atoms with Gasteiger partial charge in [-0.1, -0.05) is 12.1 Å². The minimum atomic E-state index is -0.664. The van der Waals surface area contributed by atoms with Gasteiger partial charge in [0.15, 0.2) is 0 Å². The Morgan fingerprint density at radius 3 is 2.36 bits per heavy atom. The van der Waals surface area contributed by atoms with Crippen LogP contribution in [0.15, 0.2) is 24.3 Å². The largest absolute Gasteiger partial charge is 0.387 e. The van der Waals surface area contributed by atoms with E-state index in [4.69, 9.17) is 5.73 Å². The van der Waals surface area contributed by atoms with Crippen LogP contribution in [0, 0.1) is 11.7 Å². The number of hydrogen-bond acceptors (Lipinski definition) is 2. The molecule has 0 saturated heterocycles. The van der Waals surface area contributed by atoms with Crippen LogP contribution in [0.1, 0.15) is 24.5 Å². The van der Waals surface area contributed by atoms with Crippen LogP contribution in [0.4, 0.5) is 4.39 Å². The first-order valence-electron chi connectivity index (χ1n) is 4.87. The van der Waals surface area contributed by atoms with Gasteiger partial charge in [-0.15, -0.1) is 0 Å². The van der Waals surface area contributed by atoms with E-state index in [-0.39, 0.29) is 11.9 Å². The van der Waals surface area contributed by atoms with Crippen LogP contribution in [-0.2, 0) is 0 Å². The Kier molecular flexibility index (Phi) is 2.52. The van der Waals surface area contributed by atoms with Gasteiger partial charge in [0.2, 0.25) is 0 Å². The van der Waals surface area contributed by atoms with Gasteiger partial charge in [-0.2, -0.15) is 0 Å². The van der Waals surface area contributed by atoms with Crippen molar-refractivity contribution in [3.63, 3.8) is 0 Å². The molecule has 0 spiro atoms. The molecule has 1 aromatic rings. The summed E-state index contributed by atoms with van der Waals surface area (Å²) in [6, 6.07) is 5.65. The van der Waals surface area contributed by atoms with Gasteiger partial charge in [-0.25, -0.2) is 4.39 Å². The molecule has 14 heavy (non-hydrogen) atoms. The van der Waals surface area contributed by atoms with Crippen LogP contribution < -0.4 is 5.73 Å². The van der Waals surface area contributed by atoms with Crippen LogP contribution in [0.25, 0.3) is 0 Å². The van der Waals surface area contributed by atoms with Gasteiger partial charge in [0.25, 0.3) is 0 Å². The highest BCUT2D eigenvalue weighted by Gasteiger charge is 2.33. The molecule has 0 radical (unpaired) electrons. The maximum Gasteiger partial charge on any atom is 0.123 e. The van der Waals surface area contributed by atoms with Gasteiger partial charge in [0.1, 0.15) is 5.82 Å². The fourth-order valence-corrected chi connectivity index (χ4v) is 1.62. The second-order valence-corrected chi connectivity index (χ2v) is 3.91. The fourth-order valence-electron chi connectivity index (χ4n) is 1.62. The standard InChI is InChI=1S/C11H14FNO/c12-9-5-3-8(4-6-9)11(14)10(13)7-1-2-7/h3-7,10-11,14H,1-2,13H2/t10-,11+/m1/s1. The second kappa shape index (κ2) is 3.67. The first-order chi connectivity index (χ1) is 6.68. The normalized spacial score (nSPS) is 20.5. The molecule has 3 heteroatoms. The van der Waals surface area contributed by atoms with Crippen LogP contribution in [0.3, 0.4) is 0 Å². The molecule has 2 atom stereocenters. The lowest BCUT2D eigenvalue weighted by Gasteiger charge is -2.18. The van der Waals surface area contributed by atoms with E-state index in [1.807, 2.05) is 0 Å². The molecule has 0 amide bonds. The predicted molar refractivity (Wildman–Crippen MR) is 52.1 cm³/mol. The Balaban J connectivity index is 2.09. The third-order valence-corrected chi connectivity index (χ3v) is 2.74. The van der Waals surface area contributed by atoms with E-state index >= 15 is 0 Å². The number of halogens is 1. The molecule has 76 valence electrons. The van der Waals surface area contributed by atoms with Gasteiger partial charge in [-0.3, -0.25) is 0 Å². The van der Waals surface area contributed by atoms with Gasteiger partial charge in [0, 0.05) is 6.04 Å². The third kappa shape index (κ3) is 1.94. The quantitative estimate of drug-likeness (QED) is 0.769. The van der Waals surface area contributed by atoms with Crippen molar-refractivity contribution in [3.05, 3.63) is 35.6 Å². The molecular formula is C11H14FNO. The van der Waals surface area contributed by atoms with Gasteiger partial charge in [0.05, 0.1) is 6.10 Å². The van der Waals surface area contributed by atoms with Gasteiger partial charge < -0.3 is 10.8 Å². The Bertz CT molecular complexity index is 308. The second-order valence-electron chi connectivity index (χ2n) is 3.91. The zero-order valence-electron chi connectivity index (χ0n) is 7.86. The first-order valence-corrected chi connectivity index (χ1v) is 4.87. The van der Waals surface area contributed by atoms with Crippen LogP contribution in [0.2, 0.25) is 0 Å². The number of hydrogen-bond donors (Lipinski definition) is 2. The molecule has 0 unspecified atom stereocenters. The number of nitrogens with two attached hydrogens (primary N) is 1. The highest BCUT2D eigenvalue weighted by atomic mass is 19.1. The van der Waals surface area contributed by atoms with E-state index in [2.05, 4.69) is 0 Å². The van der Waals surface area contributed by atoms with E-state index in [0.29, 0.717) is 11.5 Å². The van der Waals surface area contributed by atoms with Crippen molar-refractivity contribution in [1.82, 2.24) is 0 Å². The number of benzene rings is 1. The average molecular weight is 195 g/mol. The molecule has 1 saturated carbocycles. The SMILES string of the molecule is N[C@H](C1CC1)[C@@H](O)c1ccc(F)cc1. The van der Waals surface area contributed by atoms with Crippen molar-refractivity contribution >= 4 is 0 Å². The molecule has 1 fully saturated rings. The molecular weight excluding hydrogens is 181 g/mol. The lowest BCUT2D eigenvalue weighted by Crippen LogP contribution is -2.30. The average Bonchev–Trinajstić information content (AvgIpc) is 3.00. The molecule has 2 rings (SSSR count). The summed E-state index contributed by atoms with van der Waals surface area (Å²) in [6.45, 7) is 0. The number of rotatable bonds is 3. The van der Waals surface area contributed by atoms with Crippen molar-refractivity contribution < 1.29 is 9.50 Å². The van der Waals surface area contributed by atoms with Gasteiger partial charge >= 0.3 is 0 Å². The lowest BCUT2D eigenvalue weighted by atomic mass is 9.99. The van der Waals surface area contributed by atoms with E-state index in [1.54, 1.807) is 12.1 Å². The molecule has 0 aliphatic heterocycles. The number of aliphatic hydroxyl groups excluding tert-OH is 1. The molecule has 0 aromatic heterocycles. The highest BCUT2D eigenvalue weighted by molar-refractivity contribution is 5.20. The van der Waals surface area contributed by atoms with Crippen LogP contribution in [0.5, 0.6) is 0 Å². The Morgan fingerprint density at radius 1 is 1.29 bits per heavy atom. The summed E-state index contributed by atoms with van der Waals surface area (Å²) in [4.78, 5) is 0. The highest BCUT2D eigenvalue weighted by Crippen LogP contribution is 2.36. The summed E-state index contributed by atoms with van der Waals surface area (Å²) in [7, 11) is 0. The summed E-state index contributed by atoms with van der Waals surface area (Å²) in [5, 5.41) is 9.84. The predicted octanol–water partition coefficient (Wildman–Crippen LogP) is 1.60. The molecule has 0 bridgehead atoms. The summed E-state index contributed by atoms with van der Waals surface area (Å²) in [5.74, 6) is 0.149. The molecule has 3 N–H and O–H groups in total. The maximum atomic E-state index is 12.6. The Morgan fingerprint density at radius 2 is 1.86 bits per heavy atom. The van der Waals surface area contributed by atoms with Gasteiger partial charge in [-0.05, 0) is 36.5 Å². The molecule has 1 aliphatic rings. The van der Waals surface area contributed by atoms with E-state index in [9.17, 15) is 9.50 Å². The fraction of sp³-hybridized carbons (Fsp3) is 0.455. The molecule has 1 aliphatic carbocycles. The summed E-state index contributed by atoms with van der Waals surface area (Å²) in [5.41, 5.74) is 6.55. The summed E-state index contributed by atoms with van der Waals surface area (Å²) in [6.07, 6.45) is 1.53. The third-order valence-electron chi connectivity index (χ3n) is 2.74. The first kappa shape index (κ1) is 9.62. The van der Waals surface area contributed by atoms with Crippen molar-refractivity contribution in [3.8, 4) is 0 Å². The topological polar surface area (TPSA) is 46.2 Å². The van der Waals surface area contributed by atoms with Crippen molar-refractivity contribution in [2.45, 2.75) is 25.0 Å². The van der Waals surface area contributed by atoms with Crippen molar-refractivity contribution in [2.75, 3.05) is 0 Å². The van der Waals surface area contributed by atoms with E-state index in [0.717, 1.165) is 12.8 Å². The summed E-state index contributed by atoms with van der Waals surface area (Å²) >= 11 is 0. The smallest absolute Gasteiger partial charge is 0.123 e. The minimum absolute atomic E-state index is 0.208. The molecule has 0 heterocycles. The van der Waals surface area contributed by atoms with Crippen LogP contribution >= 0.6 is 0 Å². The maximum absolute atomic E-state index is 12.6. The number of aliphatic hydroxyl groups is 1. The van der Waals surface area contributed by atoms with Crippen molar-refractivity contribution in [1.29, 1.82) is 0 Å². The Labute approximate surface area is 82.5 Å². The lowest BCUT2D eigenvalue weighted by molar-refractivity contribution is 0.137. The van der Waals surface area contributed by atoms with Crippen LogP contribution in [-0.4, -0.2) is 11.1 Å².